The number of halogens is 4. The van der Waals surface area contributed by atoms with Gasteiger partial charge < -0.3 is 15.2 Å². The number of guanidine groups is 1. The minimum absolute atomic E-state index is 0. The molecule has 0 bridgehead atoms. The van der Waals surface area contributed by atoms with Crippen molar-refractivity contribution in [1.82, 2.24) is 14.5 Å². The van der Waals surface area contributed by atoms with Crippen molar-refractivity contribution < 1.29 is 13.2 Å². The molecule has 22 heavy (non-hydrogen) atoms. The molecule has 0 unspecified atom stereocenters. The maximum absolute atomic E-state index is 12.4. The van der Waals surface area contributed by atoms with E-state index in [1.165, 1.54) is 12.4 Å². The second-order valence-electron chi connectivity index (χ2n) is 5.43. The van der Waals surface area contributed by atoms with E-state index >= 15 is 0 Å². The summed E-state index contributed by atoms with van der Waals surface area (Å²) in [5, 5.41) is 0. The summed E-state index contributed by atoms with van der Waals surface area (Å²) in [5.41, 5.74) is 5.90. The summed E-state index contributed by atoms with van der Waals surface area (Å²) in [5.74, 6) is 1.32. The maximum atomic E-state index is 12.4. The van der Waals surface area contributed by atoms with Crippen molar-refractivity contribution in [3.63, 3.8) is 0 Å². The van der Waals surface area contributed by atoms with Gasteiger partial charge in [0.05, 0.1) is 0 Å². The van der Waals surface area contributed by atoms with Crippen molar-refractivity contribution in [1.29, 1.82) is 0 Å². The van der Waals surface area contributed by atoms with Gasteiger partial charge in [0.15, 0.2) is 5.96 Å². The van der Waals surface area contributed by atoms with Gasteiger partial charge in [-0.25, -0.2) is 9.98 Å². The molecule has 2 N–H and O–H groups in total. The average Bonchev–Trinajstić information content (AvgIpc) is 2.82. The van der Waals surface area contributed by atoms with Crippen LogP contribution in [0.25, 0.3) is 0 Å². The number of nitrogens with zero attached hydrogens (tertiary/aromatic N) is 4. The Hall–Kier alpha value is -1.00. The number of aromatic nitrogens is 2. The summed E-state index contributed by atoms with van der Waals surface area (Å²) in [7, 11) is 0. The number of alkyl halides is 3. The lowest BCUT2D eigenvalue weighted by atomic mass is 10.00. The first-order valence-corrected chi connectivity index (χ1v) is 6.97. The predicted molar refractivity (Wildman–Crippen MR) is 89.0 cm³/mol. The molecule has 0 amide bonds. The third kappa shape index (κ3) is 5.65. The lowest BCUT2D eigenvalue weighted by molar-refractivity contribution is -0.141. The molecule has 1 saturated heterocycles. The van der Waals surface area contributed by atoms with Crippen molar-refractivity contribution in [3.8, 4) is 0 Å². The van der Waals surface area contributed by atoms with Crippen LogP contribution in [0.5, 0.6) is 0 Å². The van der Waals surface area contributed by atoms with Crippen LogP contribution >= 0.6 is 24.0 Å². The van der Waals surface area contributed by atoms with Gasteiger partial charge in [-0.15, -0.1) is 24.0 Å². The molecular weight excluding hydrogens is 410 g/mol. The van der Waals surface area contributed by atoms with Crippen LogP contribution in [0.2, 0.25) is 0 Å². The van der Waals surface area contributed by atoms with Gasteiger partial charge in [-0.1, -0.05) is 6.92 Å². The normalized spacial score (nSPS) is 17.5. The monoisotopic (exact) mass is 431 g/mol. The van der Waals surface area contributed by atoms with E-state index in [-0.39, 0.29) is 36.3 Å². The third-order valence-electron chi connectivity index (χ3n) is 3.64. The van der Waals surface area contributed by atoms with E-state index in [1.807, 2.05) is 4.90 Å². The lowest BCUT2D eigenvalue weighted by Crippen LogP contribution is -2.42. The second kappa shape index (κ2) is 8.02. The Balaban J connectivity index is 0.00000242. The van der Waals surface area contributed by atoms with E-state index in [0.717, 1.165) is 30.5 Å². The van der Waals surface area contributed by atoms with Crippen LogP contribution in [-0.2, 0) is 13.1 Å². The maximum Gasteiger partial charge on any atom is 0.406 e. The molecule has 0 radical (unpaired) electrons. The van der Waals surface area contributed by atoms with Gasteiger partial charge in [0.2, 0.25) is 0 Å². The van der Waals surface area contributed by atoms with E-state index in [2.05, 4.69) is 16.9 Å². The van der Waals surface area contributed by atoms with Crippen LogP contribution in [0.3, 0.4) is 0 Å². The number of likely N-dealkylation sites (tertiary alicyclic amines) is 1. The van der Waals surface area contributed by atoms with Crippen molar-refractivity contribution in [2.45, 2.75) is 39.0 Å². The van der Waals surface area contributed by atoms with E-state index in [9.17, 15) is 13.2 Å². The third-order valence-corrected chi connectivity index (χ3v) is 3.64. The molecule has 0 aromatic carbocycles. The van der Waals surface area contributed by atoms with Crippen LogP contribution in [0.4, 0.5) is 13.2 Å². The molecule has 0 aliphatic carbocycles. The molecule has 1 aromatic heterocycles. The highest BCUT2D eigenvalue weighted by Crippen LogP contribution is 2.19. The highest BCUT2D eigenvalue weighted by atomic mass is 127. The fourth-order valence-corrected chi connectivity index (χ4v) is 2.32. The molecule has 2 heterocycles. The largest absolute Gasteiger partial charge is 0.406 e. The number of imidazole rings is 1. The van der Waals surface area contributed by atoms with Crippen LogP contribution in [0.1, 0.15) is 25.6 Å². The summed E-state index contributed by atoms with van der Waals surface area (Å²) in [4.78, 5) is 10.1. The van der Waals surface area contributed by atoms with Gasteiger partial charge in [-0.3, -0.25) is 0 Å². The van der Waals surface area contributed by atoms with Gasteiger partial charge in [0.25, 0.3) is 0 Å². The summed E-state index contributed by atoms with van der Waals surface area (Å²) in [6.07, 6.45) is 0.484. The zero-order valence-corrected chi connectivity index (χ0v) is 14.7. The summed E-state index contributed by atoms with van der Waals surface area (Å²) in [6, 6.07) is 0. The zero-order chi connectivity index (χ0) is 15.5. The molecule has 5 nitrogen and oxygen atoms in total. The number of piperidine rings is 1. The van der Waals surface area contributed by atoms with E-state index in [4.69, 9.17) is 5.73 Å². The Morgan fingerprint density at radius 3 is 2.64 bits per heavy atom. The number of hydrogen-bond donors (Lipinski definition) is 1. The van der Waals surface area contributed by atoms with Crippen molar-refractivity contribution in [2.75, 3.05) is 13.1 Å². The molecule has 1 fully saturated rings. The van der Waals surface area contributed by atoms with Crippen LogP contribution < -0.4 is 5.73 Å². The van der Waals surface area contributed by atoms with E-state index in [1.54, 1.807) is 0 Å². The molecule has 9 heteroatoms. The fraction of sp³-hybridized carbons (Fsp3) is 0.692. The van der Waals surface area contributed by atoms with Gasteiger partial charge in [-0.2, -0.15) is 13.2 Å². The molecule has 1 aliphatic rings. The van der Waals surface area contributed by atoms with Gasteiger partial charge in [0, 0.05) is 25.5 Å². The number of nitrogens with two attached hydrogens (primary N) is 1. The molecule has 0 spiro atoms. The smallest absolute Gasteiger partial charge is 0.370 e. The number of rotatable bonds is 3. The van der Waals surface area contributed by atoms with Crippen molar-refractivity contribution >= 4 is 29.9 Å². The van der Waals surface area contributed by atoms with Crippen LogP contribution in [-0.4, -0.2) is 39.7 Å². The first-order valence-electron chi connectivity index (χ1n) is 6.97. The lowest BCUT2D eigenvalue weighted by Gasteiger charge is -2.31. The Labute approximate surface area is 144 Å². The van der Waals surface area contributed by atoms with Gasteiger partial charge in [0.1, 0.15) is 18.9 Å². The average molecular weight is 431 g/mol. The predicted octanol–water partition coefficient (Wildman–Crippen LogP) is 2.61. The summed E-state index contributed by atoms with van der Waals surface area (Å²) < 4.78 is 38.3. The molecule has 0 atom stereocenters. The quantitative estimate of drug-likeness (QED) is 0.455. The van der Waals surface area contributed by atoms with Crippen molar-refractivity contribution in [3.05, 3.63) is 18.2 Å². The molecule has 1 aromatic rings. The molecule has 126 valence electrons. The fourth-order valence-electron chi connectivity index (χ4n) is 2.32. The number of hydrogen-bond acceptors (Lipinski definition) is 2. The Morgan fingerprint density at radius 2 is 2.05 bits per heavy atom. The van der Waals surface area contributed by atoms with Crippen LogP contribution in [0, 0.1) is 5.92 Å². The number of aliphatic imine (C=N–C) groups is 1. The Kier molecular flexibility index (Phi) is 6.95. The van der Waals surface area contributed by atoms with Gasteiger partial charge in [-0.05, 0) is 18.8 Å². The summed E-state index contributed by atoms with van der Waals surface area (Å²) >= 11 is 0. The molecule has 2 rings (SSSR count). The highest BCUT2D eigenvalue weighted by Gasteiger charge is 2.28. The molecule has 0 saturated carbocycles. The SMILES string of the molecule is CC1CCN(C(N)=NCc2nccn2CC(F)(F)F)CC1.I. The first kappa shape index (κ1) is 19.0. The van der Waals surface area contributed by atoms with E-state index in [0.29, 0.717) is 11.9 Å². The minimum atomic E-state index is -4.27. The Bertz CT molecular complexity index is 492. The standard InChI is InChI=1S/C13H20F3N5.HI/c1-10-2-5-20(6-3-10)12(17)19-8-11-18-4-7-21(11)9-13(14,15)16;/h4,7,10H,2-3,5-6,8-9H2,1H3,(H2,17,19);1H. The topological polar surface area (TPSA) is 59.4 Å². The highest BCUT2D eigenvalue weighted by molar-refractivity contribution is 14.0. The summed E-state index contributed by atoms with van der Waals surface area (Å²) in [6.45, 7) is 2.87. The van der Waals surface area contributed by atoms with Gasteiger partial charge >= 0.3 is 6.18 Å². The second-order valence-corrected chi connectivity index (χ2v) is 5.43. The minimum Gasteiger partial charge on any atom is -0.370 e. The zero-order valence-electron chi connectivity index (χ0n) is 12.4. The van der Waals surface area contributed by atoms with Crippen LogP contribution in [0.15, 0.2) is 17.4 Å². The molecule has 1 aliphatic heterocycles. The molecular formula is C13H21F3IN5. The van der Waals surface area contributed by atoms with E-state index < -0.39 is 12.7 Å². The Morgan fingerprint density at radius 1 is 1.41 bits per heavy atom. The first-order chi connectivity index (χ1) is 9.85. The van der Waals surface area contributed by atoms with Crippen molar-refractivity contribution in [2.24, 2.45) is 16.6 Å².